The van der Waals surface area contributed by atoms with E-state index in [9.17, 15) is 0 Å². The fraction of sp³-hybridized carbons (Fsp3) is 0.417. The van der Waals surface area contributed by atoms with Crippen LogP contribution in [0.25, 0.3) is 11.5 Å². The first-order valence-electron chi connectivity index (χ1n) is 5.92. The van der Waals surface area contributed by atoms with Crippen LogP contribution in [0.15, 0.2) is 28.9 Å². The molecular weight excluding hydrogens is 296 g/mol. The maximum atomic E-state index is 5.69. The van der Waals surface area contributed by atoms with E-state index in [4.69, 9.17) is 4.42 Å². The van der Waals surface area contributed by atoms with Gasteiger partial charge in [-0.15, -0.1) is 22.1 Å². The summed E-state index contributed by atoms with van der Waals surface area (Å²) in [5.74, 6) is 0.563. The Morgan fingerprint density at radius 1 is 1.00 bits per heavy atom. The molecule has 1 aliphatic rings. The number of piperidine rings is 1. The zero-order valence-electron chi connectivity index (χ0n) is 9.95. The molecule has 0 unspecified atom stereocenters. The van der Waals surface area contributed by atoms with Gasteiger partial charge in [0.2, 0.25) is 5.89 Å². The molecule has 3 rings (SSSR count). The van der Waals surface area contributed by atoms with Crippen molar-refractivity contribution in [2.24, 2.45) is 0 Å². The van der Waals surface area contributed by atoms with Crippen LogP contribution in [0.3, 0.4) is 0 Å². The van der Waals surface area contributed by atoms with E-state index in [1.807, 2.05) is 12.1 Å². The molecule has 2 aromatic rings. The third-order valence-electron chi connectivity index (χ3n) is 2.97. The highest BCUT2D eigenvalue weighted by Crippen LogP contribution is 2.23. The third kappa shape index (κ3) is 2.69. The topological polar surface area (TPSA) is 55.1 Å². The second-order valence-corrected chi connectivity index (χ2v) is 4.17. The average Bonchev–Trinajstić information content (AvgIpc) is 2.90. The summed E-state index contributed by atoms with van der Waals surface area (Å²) in [6.07, 6.45) is 7.14. The largest absolute Gasteiger partial charge is 0.403 e. The van der Waals surface area contributed by atoms with Crippen molar-refractivity contribution in [2.45, 2.75) is 19.3 Å². The number of rotatable bonds is 2. The lowest BCUT2D eigenvalue weighted by atomic mass is 10.1. The first-order valence-corrected chi connectivity index (χ1v) is 5.92. The average molecular weight is 311 g/mol. The lowest BCUT2D eigenvalue weighted by Gasteiger charge is -2.24. The van der Waals surface area contributed by atoms with Gasteiger partial charge in [-0.25, -0.2) is 0 Å². The van der Waals surface area contributed by atoms with Crippen LogP contribution in [0.1, 0.15) is 19.3 Å². The smallest absolute Gasteiger partial charge is 0.318 e. The molecule has 0 spiro atoms. The molecular formula is C12H15BrN4O. The predicted octanol–water partition coefficient (Wildman–Crippen LogP) is 2.70. The molecule has 18 heavy (non-hydrogen) atoms. The molecule has 1 saturated heterocycles. The monoisotopic (exact) mass is 310 g/mol. The minimum Gasteiger partial charge on any atom is -0.403 e. The Morgan fingerprint density at radius 2 is 1.72 bits per heavy atom. The van der Waals surface area contributed by atoms with Crippen molar-refractivity contribution in [3.05, 3.63) is 24.5 Å². The van der Waals surface area contributed by atoms with Gasteiger partial charge in [0.15, 0.2) is 0 Å². The van der Waals surface area contributed by atoms with E-state index in [0.29, 0.717) is 11.9 Å². The number of hydrogen-bond acceptors (Lipinski definition) is 5. The van der Waals surface area contributed by atoms with Crippen molar-refractivity contribution in [1.82, 2.24) is 15.2 Å². The maximum Gasteiger partial charge on any atom is 0.318 e. The van der Waals surface area contributed by atoms with E-state index < -0.39 is 0 Å². The number of pyridine rings is 1. The van der Waals surface area contributed by atoms with Crippen LogP contribution in [0, 0.1) is 0 Å². The Bertz CT molecular complexity index is 482. The van der Waals surface area contributed by atoms with Crippen LogP contribution >= 0.6 is 17.0 Å². The summed E-state index contributed by atoms with van der Waals surface area (Å²) in [6.45, 7) is 2.02. The molecule has 2 aromatic heterocycles. The zero-order chi connectivity index (χ0) is 11.5. The van der Waals surface area contributed by atoms with Crippen molar-refractivity contribution in [3.63, 3.8) is 0 Å². The van der Waals surface area contributed by atoms with E-state index in [1.54, 1.807) is 12.4 Å². The quantitative estimate of drug-likeness (QED) is 0.853. The molecule has 96 valence electrons. The summed E-state index contributed by atoms with van der Waals surface area (Å²) in [5, 5.41) is 8.18. The molecule has 1 aliphatic heterocycles. The van der Waals surface area contributed by atoms with Crippen LogP contribution in [0.4, 0.5) is 6.01 Å². The summed E-state index contributed by atoms with van der Waals surface area (Å²) in [5.41, 5.74) is 0.913. The van der Waals surface area contributed by atoms with Crippen molar-refractivity contribution >= 4 is 23.0 Å². The van der Waals surface area contributed by atoms with Gasteiger partial charge in [-0.1, -0.05) is 5.10 Å². The zero-order valence-corrected chi connectivity index (χ0v) is 11.7. The minimum atomic E-state index is 0. The van der Waals surface area contributed by atoms with Crippen LogP contribution < -0.4 is 4.90 Å². The number of aromatic nitrogens is 3. The van der Waals surface area contributed by atoms with E-state index in [0.717, 1.165) is 18.7 Å². The van der Waals surface area contributed by atoms with E-state index >= 15 is 0 Å². The normalized spacial score (nSPS) is 15.2. The molecule has 1 fully saturated rings. The molecule has 0 amide bonds. The Morgan fingerprint density at radius 3 is 2.44 bits per heavy atom. The molecule has 0 aromatic carbocycles. The molecule has 0 bridgehead atoms. The van der Waals surface area contributed by atoms with Gasteiger partial charge in [0.25, 0.3) is 0 Å². The van der Waals surface area contributed by atoms with E-state index in [1.165, 1.54) is 19.3 Å². The fourth-order valence-electron chi connectivity index (χ4n) is 2.04. The Kier molecular flexibility index (Phi) is 4.30. The number of hydrogen-bond donors (Lipinski definition) is 0. The van der Waals surface area contributed by atoms with Crippen molar-refractivity contribution < 1.29 is 4.42 Å². The summed E-state index contributed by atoms with van der Waals surface area (Å²) < 4.78 is 5.69. The third-order valence-corrected chi connectivity index (χ3v) is 2.97. The van der Waals surface area contributed by atoms with Crippen molar-refractivity contribution in [1.29, 1.82) is 0 Å². The highest BCUT2D eigenvalue weighted by atomic mass is 79.9. The molecule has 0 radical (unpaired) electrons. The van der Waals surface area contributed by atoms with Crippen molar-refractivity contribution in [3.8, 4) is 11.5 Å². The molecule has 0 aliphatic carbocycles. The molecule has 3 heterocycles. The molecule has 6 heteroatoms. The van der Waals surface area contributed by atoms with Gasteiger partial charge in [-0.2, -0.15) is 0 Å². The van der Waals surface area contributed by atoms with Gasteiger partial charge in [0.1, 0.15) is 0 Å². The summed E-state index contributed by atoms with van der Waals surface area (Å²) in [6, 6.07) is 4.37. The predicted molar refractivity (Wildman–Crippen MR) is 73.9 cm³/mol. The number of nitrogens with zero attached hydrogens (tertiary/aromatic N) is 4. The molecule has 0 N–H and O–H groups in total. The van der Waals surface area contributed by atoms with Crippen molar-refractivity contribution in [2.75, 3.05) is 18.0 Å². The SMILES string of the molecule is Br.c1cc(-c2nnc(N3CCCCC3)o2)ccn1. The van der Waals surface area contributed by atoms with Gasteiger partial charge in [0.05, 0.1) is 0 Å². The standard InChI is InChI=1S/C12H14N4O.BrH/c1-2-8-16(9-3-1)12-15-14-11(17-12)10-4-6-13-7-5-10;/h4-7H,1-3,8-9H2;1H. The van der Waals surface area contributed by atoms with Gasteiger partial charge >= 0.3 is 6.01 Å². The Labute approximate surface area is 116 Å². The fourth-order valence-corrected chi connectivity index (χ4v) is 2.04. The lowest BCUT2D eigenvalue weighted by molar-refractivity contribution is 0.498. The van der Waals surface area contributed by atoms with Crippen LogP contribution in [-0.4, -0.2) is 28.3 Å². The maximum absolute atomic E-state index is 5.69. The van der Waals surface area contributed by atoms with Crippen LogP contribution in [0.5, 0.6) is 0 Å². The van der Waals surface area contributed by atoms with Crippen LogP contribution in [-0.2, 0) is 0 Å². The highest BCUT2D eigenvalue weighted by Gasteiger charge is 2.17. The first-order chi connectivity index (χ1) is 8.43. The molecule has 5 nitrogen and oxygen atoms in total. The highest BCUT2D eigenvalue weighted by molar-refractivity contribution is 8.93. The number of halogens is 1. The Hall–Kier alpha value is -1.43. The van der Waals surface area contributed by atoms with Gasteiger partial charge in [-0.05, 0) is 31.4 Å². The first kappa shape index (κ1) is 13.0. The Balaban J connectivity index is 0.00000120. The molecule has 0 atom stereocenters. The minimum absolute atomic E-state index is 0. The van der Waals surface area contributed by atoms with Gasteiger partial charge < -0.3 is 9.32 Å². The lowest BCUT2D eigenvalue weighted by Crippen LogP contribution is -2.29. The summed E-state index contributed by atoms with van der Waals surface area (Å²) >= 11 is 0. The second-order valence-electron chi connectivity index (χ2n) is 4.17. The summed E-state index contributed by atoms with van der Waals surface area (Å²) in [4.78, 5) is 6.12. The number of anilines is 1. The van der Waals surface area contributed by atoms with E-state index in [2.05, 4.69) is 20.1 Å². The molecule has 0 saturated carbocycles. The van der Waals surface area contributed by atoms with Gasteiger partial charge in [0, 0.05) is 31.0 Å². The van der Waals surface area contributed by atoms with Crippen LogP contribution in [0.2, 0.25) is 0 Å². The second kappa shape index (κ2) is 5.95. The summed E-state index contributed by atoms with van der Waals surface area (Å²) in [7, 11) is 0. The van der Waals surface area contributed by atoms with E-state index in [-0.39, 0.29) is 17.0 Å². The van der Waals surface area contributed by atoms with Gasteiger partial charge in [-0.3, -0.25) is 4.98 Å².